The van der Waals surface area contributed by atoms with Gasteiger partial charge in [0, 0.05) is 25.3 Å². The van der Waals surface area contributed by atoms with Gasteiger partial charge in [-0.15, -0.1) is 0 Å². The molecule has 0 saturated heterocycles. The highest BCUT2D eigenvalue weighted by molar-refractivity contribution is 5.78. The summed E-state index contributed by atoms with van der Waals surface area (Å²) in [7, 11) is 0. The van der Waals surface area contributed by atoms with Crippen LogP contribution in [0.15, 0.2) is 36.4 Å². The van der Waals surface area contributed by atoms with Crippen molar-refractivity contribution >= 4 is 5.91 Å². The van der Waals surface area contributed by atoms with Gasteiger partial charge in [0.25, 0.3) is 0 Å². The van der Waals surface area contributed by atoms with Gasteiger partial charge in [-0.1, -0.05) is 30.3 Å². The maximum absolute atomic E-state index is 12.3. The number of H-pyrrole nitrogens is 1. The van der Waals surface area contributed by atoms with Crippen LogP contribution >= 0.6 is 0 Å². The molecule has 0 atom stereocenters. The van der Waals surface area contributed by atoms with E-state index in [9.17, 15) is 4.79 Å². The number of nitrogens with two attached hydrogens (primary N) is 1. The van der Waals surface area contributed by atoms with E-state index in [1.807, 2.05) is 36.1 Å². The van der Waals surface area contributed by atoms with E-state index in [0.29, 0.717) is 26.1 Å². The van der Waals surface area contributed by atoms with Crippen LogP contribution in [0.1, 0.15) is 17.0 Å². The molecule has 0 aliphatic carbocycles. The molecule has 1 aromatic heterocycles. The Balaban J connectivity index is 1.92. The Morgan fingerprint density at radius 3 is 2.67 bits per heavy atom. The molecule has 1 aromatic carbocycles. The Morgan fingerprint density at radius 2 is 2.05 bits per heavy atom. The molecular formula is C16H22N4O. The van der Waals surface area contributed by atoms with E-state index < -0.39 is 0 Å². The Morgan fingerprint density at radius 1 is 1.29 bits per heavy atom. The summed E-state index contributed by atoms with van der Waals surface area (Å²) in [5.41, 5.74) is 8.59. The molecule has 0 aliphatic rings. The number of carbonyl (C=O) groups is 1. The van der Waals surface area contributed by atoms with E-state index in [1.54, 1.807) is 0 Å². The van der Waals surface area contributed by atoms with E-state index in [1.165, 1.54) is 5.56 Å². The molecule has 3 N–H and O–H groups in total. The third-order valence-electron chi connectivity index (χ3n) is 3.36. The fraction of sp³-hybridized carbons (Fsp3) is 0.375. The number of hydrogen-bond acceptors (Lipinski definition) is 3. The summed E-state index contributed by atoms with van der Waals surface area (Å²) < 4.78 is 0. The van der Waals surface area contributed by atoms with Gasteiger partial charge in [0.1, 0.15) is 0 Å². The number of aryl methyl sites for hydroxylation is 1. The van der Waals surface area contributed by atoms with Gasteiger partial charge in [-0.05, 0) is 25.0 Å². The normalized spacial score (nSPS) is 10.6. The predicted molar refractivity (Wildman–Crippen MR) is 82.8 cm³/mol. The quantitative estimate of drug-likeness (QED) is 0.805. The van der Waals surface area contributed by atoms with Crippen molar-refractivity contribution in [3.05, 3.63) is 53.3 Å². The van der Waals surface area contributed by atoms with Crippen LogP contribution in [0, 0.1) is 6.92 Å². The lowest BCUT2D eigenvalue weighted by atomic mass is 10.1. The number of nitrogens with one attached hydrogen (secondary N) is 1. The molecule has 0 saturated carbocycles. The summed E-state index contributed by atoms with van der Waals surface area (Å²) in [6.45, 7) is 3.66. The second kappa shape index (κ2) is 7.59. The topological polar surface area (TPSA) is 75.0 Å². The molecule has 21 heavy (non-hydrogen) atoms. The fourth-order valence-corrected chi connectivity index (χ4v) is 2.26. The van der Waals surface area contributed by atoms with Crippen molar-refractivity contribution in [3.63, 3.8) is 0 Å². The highest BCUT2D eigenvalue weighted by atomic mass is 16.2. The van der Waals surface area contributed by atoms with Gasteiger partial charge in [-0.2, -0.15) is 5.10 Å². The summed E-state index contributed by atoms with van der Waals surface area (Å²) in [6, 6.07) is 12.1. The molecule has 5 heteroatoms. The van der Waals surface area contributed by atoms with Crippen molar-refractivity contribution in [1.29, 1.82) is 0 Å². The second-order valence-corrected chi connectivity index (χ2v) is 5.12. The van der Waals surface area contributed by atoms with Gasteiger partial charge >= 0.3 is 0 Å². The van der Waals surface area contributed by atoms with Crippen molar-refractivity contribution < 1.29 is 4.79 Å². The first-order valence-electron chi connectivity index (χ1n) is 7.21. The molecule has 0 radical (unpaired) electrons. The highest BCUT2D eigenvalue weighted by Crippen LogP contribution is 2.05. The molecular weight excluding hydrogens is 264 g/mol. The van der Waals surface area contributed by atoms with Crippen LogP contribution in [-0.2, 0) is 17.6 Å². The van der Waals surface area contributed by atoms with Crippen molar-refractivity contribution in [3.8, 4) is 0 Å². The number of aromatic amines is 1. The number of hydrogen-bond donors (Lipinski definition) is 2. The molecule has 5 nitrogen and oxygen atoms in total. The number of rotatable bonds is 7. The highest BCUT2D eigenvalue weighted by Gasteiger charge is 2.14. The summed E-state index contributed by atoms with van der Waals surface area (Å²) in [4.78, 5) is 14.2. The zero-order chi connectivity index (χ0) is 15.1. The molecule has 2 rings (SSSR count). The third kappa shape index (κ3) is 4.72. The summed E-state index contributed by atoms with van der Waals surface area (Å²) in [5, 5.41) is 6.97. The van der Waals surface area contributed by atoms with E-state index in [2.05, 4.69) is 22.3 Å². The van der Waals surface area contributed by atoms with E-state index >= 15 is 0 Å². The third-order valence-corrected chi connectivity index (χ3v) is 3.36. The summed E-state index contributed by atoms with van der Waals surface area (Å²) >= 11 is 0. The molecule has 112 valence electrons. The predicted octanol–water partition coefficient (Wildman–Crippen LogP) is 1.29. The van der Waals surface area contributed by atoms with Crippen molar-refractivity contribution in [2.24, 2.45) is 5.73 Å². The van der Waals surface area contributed by atoms with Gasteiger partial charge in [-0.25, -0.2) is 0 Å². The molecule has 0 spiro atoms. The van der Waals surface area contributed by atoms with Gasteiger partial charge in [-0.3, -0.25) is 9.89 Å². The smallest absolute Gasteiger partial charge is 0.228 e. The van der Waals surface area contributed by atoms with E-state index in [-0.39, 0.29) is 5.91 Å². The summed E-state index contributed by atoms with van der Waals surface area (Å²) in [5.74, 6) is 0.0721. The summed E-state index contributed by atoms with van der Waals surface area (Å²) in [6.07, 6.45) is 1.16. The van der Waals surface area contributed by atoms with Gasteiger partial charge in [0.05, 0.1) is 12.1 Å². The SMILES string of the molecule is Cc1cc(CC(=O)N(CCN)CCc2ccccc2)n[nH]1. The van der Waals surface area contributed by atoms with Crippen LogP contribution in [0.2, 0.25) is 0 Å². The maximum atomic E-state index is 12.3. The first kappa shape index (κ1) is 15.3. The first-order valence-corrected chi connectivity index (χ1v) is 7.21. The molecule has 0 aliphatic heterocycles. The van der Waals surface area contributed by atoms with Gasteiger partial charge in [0.2, 0.25) is 5.91 Å². The lowest BCUT2D eigenvalue weighted by Gasteiger charge is -2.21. The molecule has 2 aromatic rings. The van der Waals surface area contributed by atoms with Crippen LogP contribution in [-0.4, -0.2) is 40.6 Å². The molecule has 0 bridgehead atoms. The molecule has 0 unspecified atom stereocenters. The van der Waals surface area contributed by atoms with E-state index in [0.717, 1.165) is 17.8 Å². The molecule has 0 fully saturated rings. The maximum Gasteiger partial charge on any atom is 0.228 e. The fourth-order valence-electron chi connectivity index (χ4n) is 2.26. The Hall–Kier alpha value is -2.14. The number of nitrogens with zero attached hydrogens (tertiary/aromatic N) is 2. The van der Waals surface area contributed by atoms with Crippen molar-refractivity contribution in [1.82, 2.24) is 15.1 Å². The molecule has 1 amide bonds. The Labute approximate surface area is 125 Å². The lowest BCUT2D eigenvalue weighted by molar-refractivity contribution is -0.130. The number of amides is 1. The van der Waals surface area contributed by atoms with Gasteiger partial charge < -0.3 is 10.6 Å². The minimum atomic E-state index is 0.0721. The standard InChI is InChI=1S/C16H22N4O/c1-13-11-15(19-18-13)12-16(21)20(10-8-17)9-7-14-5-3-2-4-6-14/h2-6,11H,7-10,12,17H2,1H3,(H,18,19). The van der Waals surface area contributed by atoms with Crippen molar-refractivity contribution in [2.45, 2.75) is 19.8 Å². The lowest BCUT2D eigenvalue weighted by Crippen LogP contribution is -2.37. The largest absolute Gasteiger partial charge is 0.341 e. The average Bonchev–Trinajstić information content (AvgIpc) is 2.89. The van der Waals surface area contributed by atoms with Crippen LogP contribution < -0.4 is 5.73 Å². The zero-order valence-corrected chi connectivity index (χ0v) is 12.4. The zero-order valence-electron chi connectivity index (χ0n) is 12.4. The van der Waals surface area contributed by atoms with Crippen LogP contribution in [0.4, 0.5) is 0 Å². The first-order chi connectivity index (χ1) is 10.2. The number of aromatic nitrogens is 2. The number of benzene rings is 1. The van der Waals surface area contributed by atoms with Crippen LogP contribution in [0.25, 0.3) is 0 Å². The van der Waals surface area contributed by atoms with Gasteiger partial charge in [0.15, 0.2) is 0 Å². The minimum Gasteiger partial charge on any atom is -0.341 e. The number of carbonyl (C=O) groups excluding carboxylic acids is 1. The van der Waals surface area contributed by atoms with Crippen LogP contribution in [0.5, 0.6) is 0 Å². The molecule has 1 heterocycles. The Kier molecular flexibility index (Phi) is 5.51. The minimum absolute atomic E-state index is 0.0721. The van der Waals surface area contributed by atoms with E-state index in [4.69, 9.17) is 5.73 Å². The monoisotopic (exact) mass is 286 g/mol. The van der Waals surface area contributed by atoms with Crippen molar-refractivity contribution in [2.75, 3.05) is 19.6 Å². The Bertz CT molecular complexity index is 565. The second-order valence-electron chi connectivity index (χ2n) is 5.12. The van der Waals surface area contributed by atoms with Crippen LogP contribution in [0.3, 0.4) is 0 Å². The average molecular weight is 286 g/mol.